The average molecular weight is 312 g/mol. The molecule has 0 spiro atoms. The van der Waals surface area contributed by atoms with Crippen molar-refractivity contribution in [3.63, 3.8) is 0 Å². The van der Waals surface area contributed by atoms with Gasteiger partial charge in [0.05, 0.1) is 4.90 Å². The van der Waals surface area contributed by atoms with Crippen molar-refractivity contribution in [2.24, 2.45) is 0 Å². The van der Waals surface area contributed by atoms with Crippen LogP contribution in [0.5, 0.6) is 0 Å². The van der Waals surface area contributed by atoms with Crippen molar-refractivity contribution in [1.82, 2.24) is 4.72 Å². The maximum atomic E-state index is 12.2. The van der Waals surface area contributed by atoms with Crippen LogP contribution in [-0.4, -0.2) is 35.2 Å². The molecular formula is C15H24N2O3S. The second-order valence-electron chi connectivity index (χ2n) is 5.30. The third-order valence-corrected chi connectivity index (χ3v) is 5.11. The Labute approximate surface area is 127 Å². The summed E-state index contributed by atoms with van der Waals surface area (Å²) in [6.07, 6.45) is 4.85. The first-order valence-corrected chi connectivity index (χ1v) is 8.97. The summed E-state index contributed by atoms with van der Waals surface area (Å²) in [4.78, 5) is 0.340. The molecule has 0 radical (unpaired) electrons. The van der Waals surface area contributed by atoms with Gasteiger partial charge in [-0.1, -0.05) is 6.07 Å². The van der Waals surface area contributed by atoms with Gasteiger partial charge in [0.2, 0.25) is 10.0 Å². The molecule has 0 atom stereocenters. The van der Waals surface area contributed by atoms with Crippen molar-refractivity contribution < 1.29 is 13.2 Å². The lowest BCUT2D eigenvalue weighted by Gasteiger charge is -2.18. The van der Waals surface area contributed by atoms with E-state index in [4.69, 9.17) is 4.74 Å². The van der Waals surface area contributed by atoms with E-state index >= 15 is 0 Å². The molecule has 6 heteroatoms. The Hall–Kier alpha value is -1.11. The fraction of sp³-hybridized carbons (Fsp3) is 0.600. The van der Waals surface area contributed by atoms with Crippen LogP contribution in [0, 0.1) is 0 Å². The van der Waals surface area contributed by atoms with E-state index < -0.39 is 10.0 Å². The molecule has 5 nitrogen and oxygen atoms in total. The average Bonchev–Trinajstić information content (AvgIpc) is 2.50. The third kappa shape index (κ3) is 4.69. The third-order valence-electron chi connectivity index (χ3n) is 3.65. The van der Waals surface area contributed by atoms with Gasteiger partial charge in [-0.2, -0.15) is 0 Å². The summed E-state index contributed by atoms with van der Waals surface area (Å²) in [7, 11) is -1.73. The quantitative estimate of drug-likeness (QED) is 0.722. The molecule has 1 aromatic carbocycles. The zero-order valence-electron chi connectivity index (χ0n) is 12.5. The first-order chi connectivity index (χ1) is 10.1. The lowest BCUT2D eigenvalue weighted by Crippen LogP contribution is -2.25. The summed E-state index contributed by atoms with van der Waals surface area (Å²) in [5, 5.41) is 3.26. The molecule has 0 unspecified atom stereocenters. The van der Waals surface area contributed by atoms with Crippen LogP contribution in [0.2, 0.25) is 0 Å². The summed E-state index contributed by atoms with van der Waals surface area (Å²) in [6.45, 7) is 2.10. The van der Waals surface area contributed by atoms with E-state index in [9.17, 15) is 8.42 Å². The summed E-state index contributed by atoms with van der Waals surface area (Å²) in [6, 6.07) is 5.34. The van der Waals surface area contributed by atoms with Crippen LogP contribution in [0.25, 0.3) is 0 Å². The number of aryl methyl sites for hydroxylation is 1. The Morgan fingerprint density at radius 2 is 2.14 bits per heavy atom. The van der Waals surface area contributed by atoms with Crippen LogP contribution in [0.4, 0.5) is 5.69 Å². The van der Waals surface area contributed by atoms with Crippen LogP contribution in [-0.2, 0) is 21.2 Å². The molecule has 0 aliphatic carbocycles. The number of benzene rings is 1. The standard InChI is InChI=1S/C15H24N2O3S/c1-20-11-4-2-3-10-17-21(18,19)14-8-7-13-6-5-9-16-15(13)12-14/h7-8,12,16-17H,2-6,9-11H2,1H3. The summed E-state index contributed by atoms with van der Waals surface area (Å²) in [5.41, 5.74) is 2.14. The lowest BCUT2D eigenvalue weighted by atomic mass is 10.0. The summed E-state index contributed by atoms with van der Waals surface area (Å²) in [5.74, 6) is 0. The Bertz CT molecular complexity index is 558. The van der Waals surface area contributed by atoms with E-state index in [1.165, 1.54) is 5.56 Å². The fourth-order valence-corrected chi connectivity index (χ4v) is 3.55. The van der Waals surface area contributed by atoms with Crippen LogP contribution in [0.3, 0.4) is 0 Å². The zero-order valence-corrected chi connectivity index (χ0v) is 13.3. The zero-order chi connectivity index (χ0) is 15.1. The molecule has 0 amide bonds. The summed E-state index contributed by atoms with van der Waals surface area (Å²) >= 11 is 0. The number of anilines is 1. The van der Waals surface area contributed by atoms with Crippen LogP contribution >= 0.6 is 0 Å². The Kier molecular flexibility index (Phi) is 6.02. The van der Waals surface area contributed by atoms with Gasteiger partial charge in [-0.3, -0.25) is 0 Å². The normalized spacial score (nSPS) is 14.5. The van der Waals surface area contributed by atoms with Crippen LogP contribution in [0.1, 0.15) is 31.2 Å². The molecule has 1 aliphatic rings. The van der Waals surface area contributed by atoms with E-state index in [0.717, 1.165) is 50.9 Å². The van der Waals surface area contributed by atoms with Gasteiger partial charge in [0.1, 0.15) is 0 Å². The van der Waals surface area contributed by atoms with Gasteiger partial charge < -0.3 is 10.1 Å². The maximum Gasteiger partial charge on any atom is 0.240 e. The topological polar surface area (TPSA) is 67.4 Å². The molecule has 1 aliphatic heterocycles. The molecule has 0 bridgehead atoms. The number of nitrogens with one attached hydrogen (secondary N) is 2. The van der Waals surface area contributed by atoms with Gasteiger partial charge in [0, 0.05) is 32.5 Å². The first kappa shape index (κ1) is 16.3. The minimum Gasteiger partial charge on any atom is -0.385 e. The molecule has 1 aromatic rings. The predicted octanol–water partition coefficient (Wildman–Crippen LogP) is 2.14. The van der Waals surface area contributed by atoms with Crippen molar-refractivity contribution in [2.45, 2.75) is 37.0 Å². The molecule has 0 aromatic heterocycles. The molecule has 0 fully saturated rings. The minimum atomic E-state index is -3.41. The number of hydrogen-bond acceptors (Lipinski definition) is 4. The van der Waals surface area contributed by atoms with Crippen molar-refractivity contribution in [3.8, 4) is 0 Å². The first-order valence-electron chi connectivity index (χ1n) is 7.49. The number of hydrogen-bond donors (Lipinski definition) is 2. The Morgan fingerprint density at radius 3 is 2.95 bits per heavy atom. The smallest absolute Gasteiger partial charge is 0.240 e. The van der Waals surface area contributed by atoms with Gasteiger partial charge in [0.15, 0.2) is 0 Å². The Morgan fingerprint density at radius 1 is 1.29 bits per heavy atom. The predicted molar refractivity (Wildman–Crippen MR) is 84.2 cm³/mol. The second-order valence-corrected chi connectivity index (χ2v) is 7.07. The molecule has 2 rings (SSSR count). The highest BCUT2D eigenvalue weighted by atomic mass is 32.2. The van der Waals surface area contributed by atoms with Crippen molar-refractivity contribution in [2.75, 3.05) is 32.1 Å². The van der Waals surface area contributed by atoms with Crippen molar-refractivity contribution in [3.05, 3.63) is 23.8 Å². The summed E-state index contributed by atoms with van der Waals surface area (Å²) < 4.78 is 32.1. The van der Waals surface area contributed by atoms with Crippen LogP contribution in [0.15, 0.2) is 23.1 Å². The van der Waals surface area contributed by atoms with Gasteiger partial charge >= 0.3 is 0 Å². The Balaban J connectivity index is 1.90. The lowest BCUT2D eigenvalue weighted by molar-refractivity contribution is 0.192. The van der Waals surface area contributed by atoms with Gasteiger partial charge in [0.25, 0.3) is 0 Å². The van der Waals surface area contributed by atoms with Gasteiger partial charge in [-0.25, -0.2) is 13.1 Å². The van der Waals surface area contributed by atoms with Crippen LogP contribution < -0.4 is 10.0 Å². The van der Waals surface area contributed by atoms with E-state index in [1.807, 2.05) is 6.07 Å². The number of ether oxygens (including phenoxy) is 1. The van der Waals surface area contributed by atoms with Crippen molar-refractivity contribution in [1.29, 1.82) is 0 Å². The number of rotatable bonds is 8. The molecule has 21 heavy (non-hydrogen) atoms. The number of methoxy groups -OCH3 is 1. The van der Waals surface area contributed by atoms with E-state index in [-0.39, 0.29) is 0 Å². The highest BCUT2D eigenvalue weighted by molar-refractivity contribution is 7.89. The molecule has 2 N–H and O–H groups in total. The molecule has 118 valence electrons. The second kappa shape index (κ2) is 7.77. The molecule has 0 saturated carbocycles. The maximum absolute atomic E-state index is 12.2. The molecule has 0 saturated heterocycles. The van der Waals surface area contributed by atoms with Gasteiger partial charge in [-0.15, -0.1) is 0 Å². The molecule has 1 heterocycles. The monoisotopic (exact) mass is 312 g/mol. The van der Waals surface area contributed by atoms with Crippen molar-refractivity contribution >= 4 is 15.7 Å². The number of unbranched alkanes of at least 4 members (excludes halogenated alkanes) is 2. The highest BCUT2D eigenvalue weighted by Crippen LogP contribution is 2.25. The SMILES string of the molecule is COCCCCCNS(=O)(=O)c1ccc2c(c1)NCCC2. The molecular weight excluding hydrogens is 288 g/mol. The van der Waals surface area contributed by atoms with E-state index in [0.29, 0.717) is 11.4 Å². The number of fused-ring (bicyclic) bond motifs is 1. The van der Waals surface area contributed by atoms with E-state index in [2.05, 4.69) is 10.0 Å². The largest absolute Gasteiger partial charge is 0.385 e. The number of sulfonamides is 1. The van der Waals surface area contributed by atoms with Gasteiger partial charge in [-0.05, 0) is 49.8 Å². The highest BCUT2D eigenvalue weighted by Gasteiger charge is 2.16. The minimum absolute atomic E-state index is 0.340. The fourth-order valence-electron chi connectivity index (χ4n) is 2.45. The van der Waals surface area contributed by atoms with E-state index in [1.54, 1.807) is 19.2 Å².